The predicted octanol–water partition coefficient (Wildman–Crippen LogP) is 4.04. The van der Waals surface area contributed by atoms with E-state index < -0.39 is 11.7 Å². The van der Waals surface area contributed by atoms with Crippen molar-refractivity contribution in [3.8, 4) is 0 Å². The van der Waals surface area contributed by atoms with E-state index in [4.69, 9.17) is 0 Å². The number of hydrogen-bond donors (Lipinski definition) is 1. The highest BCUT2D eigenvalue weighted by molar-refractivity contribution is 9.10. The molecule has 0 bridgehead atoms. The summed E-state index contributed by atoms with van der Waals surface area (Å²) in [5.74, 6) is 0. The van der Waals surface area contributed by atoms with Crippen molar-refractivity contribution in [3.05, 3.63) is 33.8 Å². The number of nitrogens with zero attached hydrogens (tertiary/aromatic N) is 1. The molecule has 0 radical (unpaired) electrons. The molecule has 0 unspecified atom stereocenters. The summed E-state index contributed by atoms with van der Waals surface area (Å²) in [5.41, 5.74) is -0.272. The van der Waals surface area contributed by atoms with Crippen molar-refractivity contribution in [2.45, 2.75) is 32.0 Å². The lowest BCUT2D eigenvalue weighted by atomic mass is 10.1. The van der Waals surface area contributed by atoms with Gasteiger partial charge in [0.1, 0.15) is 0 Å². The first kappa shape index (κ1) is 16.8. The summed E-state index contributed by atoms with van der Waals surface area (Å²) in [7, 11) is 0. The zero-order valence-corrected chi connectivity index (χ0v) is 13.4. The van der Waals surface area contributed by atoms with Crippen molar-refractivity contribution in [1.29, 1.82) is 0 Å². The van der Waals surface area contributed by atoms with Crippen LogP contribution in [0.15, 0.2) is 22.7 Å². The van der Waals surface area contributed by atoms with Crippen molar-refractivity contribution in [1.82, 2.24) is 10.2 Å². The highest BCUT2D eigenvalue weighted by atomic mass is 79.9. The van der Waals surface area contributed by atoms with Gasteiger partial charge in [0.15, 0.2) is 0 Å². The summed E-state index contributed by atoms with van der Waals surface area (Å²) in [5, 5.41) is 3.12. The first-order valence-corrected chi connectivity index (χ1v) is 8.05. The van der Waals surface area contributed by atoms with Gasteiger partial charge in [0.05, 0.1) is 5.56 Å². The van der Waals surface area contributed by atoms with Gasteiger partial charge in [-0.15, -0.1) is 0 Å². The van der Waals surface area contributed by atoms with Gasteiger partial charge in [0, 0.05) is 24.1 Å². The van der Waals surface area contributed by atoms with E-state index in [1.165, 1.54) is 25.3 Å². The van der Waals surface area contributed by atoms with E-state index in [2.05, 4.69) is 26.1 Å². The second kappa shape index (κ2) is 7.61. The molecule has 1 N–H and O–H groups in total. The third-order valence-corrected chi connectivity index (χ3v) is 4.24. The van der Waals surface area contributed by atoms with E-state index in [1.54, 1.807) is 6.07 Å². The van der Waals surface area contributed by atoms with Crippen LogP contribution in [0.5, 0.6) is 0 Å². The Bertz CT molecular complexity index is 457. The SMILES string of the molecule is FC(F)(F)c1cc(Br)ccc1CNCCN1CCCCC1. The Morgan fingerprint density at radius 3 is 2.52 bits per heavy atom. The average Bonchev–Trinajstić information content (AvgIpc) is 2.45. The summed E-state index contributed by atoms with van der Waals surface area (Å²) >= 11 is 3.10. The fraction of sp³-hybridized carbons (Fsp3) is 0.600. The third-order valence-electron chi connectivity index (χ3n) is 3.75. The molecular weight excluding hydrogens is 345 g/mol. The van der Waals surface area contributed by atoms with Gasteiger partial charge >= 0.3 is 6.18 Å². The van der Waals surface area contributed by atoms with Gasteiger partial charge in [-0.1, -0.05) is 28.4 Å². The van der Waals surface area contributed by atoms with E-state index in [-0.39, 0.29) is 6.54 Å². The first-order valence-electron chi connectivity index (χ1n) is 7.25. The number of likely N-dealkylation sites (tertiary alicyclic amines) is 1. The molecular formula is C15H20BrF3N2. The minimum absolute atomic E-state index is 0.246. The van der Waals surface area contributed by atoms with Gasteiger partial charge in [-0.25, -0.2) is 0 Å². The minimum atomic E-state index is -4.31. The first-order chi connectivity index (χ1) is 9.97. The quantitative estimate of drug-likeness (QED) is 0.793. The molecule has 0 amide bonds. The Labute approximate surface area is 131 Å². The van der Waals surface area contributed by atoms with Crippen molar-refractivity contribution in [3.63, 3.8) is 0 Å². The Morgan fingerprint density at radius 2 is 1.86 bits per heavy atom. The van der Waals surface area contributed by atoms with Crippen molar-refractivity contribution < 1.29 is 13.2 Å². The van der Waals surface area contributed by atoms with Crippen LogP contribution in [0, 0.1) is 0 Å². The highest BCUT2D eigenvalue weighted by Gasteiger charge is 2.33. The standard InChI is InChI=1S/C15H20BrF3N2/c16-13-5-4-12(14(10-13)15(17,18)19)11-20-6-9-21-7-2-1-3-8-21/h4-5,10,20H,1-3,6-9,11H2. The fourth-order valence-electron chi connectivity index (χ4n) is 2.61. The van der Waals surface area contributed by atoms with Gasteiger partial charge in [-0.05, 0) is 43.6 Å². The van der Waals surface area contributed by atoms with Crippen LogP contribution in [-0.2, 0) is 12.7 Å². The van der Waals surface area contributed by atoms with E-state index in [1.807, 2.05) is 0 Å². The molecule has 0 spiro atoms. The molecule has 1 heterocycles. The molecule has 0 aromatic heterocycles. The monoisotopic (exact) mass is 364 g/mol. The normalized spacial score (nSPS) is 17.1. The summed E-state index contributed by atoms with van der Waals surface area (Å²) in [6.45, 7) is 4.07. The number of piperidine rings is 1. The van der Waals surface area contributed by atoms with Gasteiger partial charge < -0.3 is 10.2 Å². The summed E-state index contributed by atoms with van der Waals surface area (Å²) in [6.07, 6.45) is -0.568. The molecule has 6 heteroatoms. The van der Waals surface area contributed by atoms with Crippen molar-refractivity contribution in [2.75, 3.05) is 26.2 Å². The molecule has 1 fully saturated rings. The Balaban J connectivity index is 1.85. The number of benzene rings is 1. The van der Waals surface area contributed by atoms with Crippen LogP contribution in [0.25, 0.3) is 0 Å². The lowest BCUT2D eigenvalue weighted by molar-refractivity contribution is -0.138. The Morgan fingerprint density at radius 1 is 1.14 bits per heavy atom. The molecule has 0 aliphatic carbocycles. The molecule has 118 valence electrons. The molecule has 1 aromatic rings. The van der Waals surface area contributed by atoms with Crippen LogP contribution < -0.4 is 5.32 Å². The van der Waals surface area contributed by atoms with Gasteiger partial charge in [0.2, 0.25) is 0 Å². The van der Waals surface area contributed by atoms with Crippen LogP contribution in [0.4, 0.5) is 13.2 Å². The van der Waals surface area contributed by atoms with Crippen molar-refractivity contribution in [2.24, 2.45) is 0 Å². The lowest BCUT2D eigenvalue weighted by Crippen LogP contribution is -2.35. The van der Waals surface area contributed by atoms with E-state index >= 15 is 0 Å². The maximum absolute atomic E-state index is 13.0. The molecule has 2 nitrogen and oxygen atoms in total. The Hall–Kier alpha value is -0.590. The van der Waals surface area contributed by atoms with E-state index in [9.17, 15) is 13.2 Å². The lowest BCUT2D eigenvalue weighted by Gasteiger charge is -2.26. The summed E-state index contributed by atoms with van der Waals surface area (Å²) in [4.78, 5) is 2.36. The molecule has 2 rings (SSSR count). The highest BCUT2D eigenvalue weighted by Crippen LogP contribution is 2.33. The number of halogens is 4. The van der Waals surface area contributed by atoms with Gasteiger partial charge in [-0.2, -0.15) is 13.2 Å². The maximum atomic E-state index is 13.0. The summed E-state index contributed by atoms with van der Waals surface area (Å²) < 4.78 is 39.4. The van der Waals surface area contributed by atoms with Crippen molar-refractivity contribution >= 4 is 15.9 Å². The van der Waals surface area contributed by atoms with Crippen LogP contribution in [0.2, 0.25) is 0 Å². The number of nitrogens with one attached hydrogen (secondary N) is 1. The topological polar surface area (TPSA) is 15.3 Å². The smallest absolute Gasteiger partial charge is 0.311 e. The zero-order valence-electron chi connectivity index (χ0n) is 11.8. The number of hydrogen-bond acceptors (Lipinski definition) is 2. The van der Waals surface area contributed by atoms with Crippen LogP contribution in [-0.4, -0.2) is 31.1 Å². The second-order valence-corrected chi connectivity index (χ2v) is 6.29. The summed E-state index contributed by atoms with van der Waals surface area (Å²) in [6, 6.07) is 4.32. The molecule has 0 saturated carbocycles. The molecule has 1 aromatic carbocycles. The Kier molecular flexibility index (Phi) is 6.08. The molecule has 1 saturated heterocycles. The molecule has 1 aliphatic rings. The maximum Gasteiger partial charge on any atom is 0.416 e. The third kappa shape index (κ3) is 5.27. The van der Waals surface area contributed by atoms with Crippen LogP contribution >= 0.6 is 15.9 Å². The molecule has 1 aliphatic heterocycles. The predicted molar refractivity (Wildman–Crippen MR) is 81.1 cm³/mol. The average molecular weight is 365 g/mol. The fourth-order valence-corrected chi connectivity index (χ4v) is 2.97. The van der Waals surface area contributed by atoms with Crippen LogP contribution in [0.3, 0.4) is 0 Å². The zero-order chi connectivity index (χ0) is 15.3. The van der Waals surface area contributed by atoms with E-state index in [0.29, 0.717) is 16.6 Å². The largest absolute Gasteiger partial charge is 0.416 e. The van der Waals surface area contributed by atoms with Gasteiger partial charge in [-0.3, -0.25) is 0 Å². The van der Waals surface area contributed by atoms with Crippen LogP contribution in [0.1, 0.15) is 30.4 Å². The second-order valence-electron chi connectivity index (χ2n) is 5.38. The number of alkyl halides is 3. The molecule has 0 atom stereocenters. The number of rotatable bonds is 5. The molecule has 21 heavy (non-hydrogen) atoms. The van der Waals surface area contributed by atoms with Gasteiger partial charge in [0.25, 0.3) is 0 Å². The minimum Gasteiger partial charge on any atom is -0.311 e. The van der Waals surface area contributed by atoms with E-state index in [0.717, 1.165) is 25.7 Å².